The summed E-state index contributed by atoms with van der Waals surface area (Å²) in [6.45, 7) is 12.2. The minimum absolute atomic E-state index is 0.430. The number of piperazine rings is 1. The summed E-state index contributed by atoms with van der Waals surface area (Å²) in [6, 6.07) is 1.37. The highest BCUT2D eigenvalue weighted by molar-refractivity contribution is 4.98. The monoisotopic (exact) mass is 296 g/mol. The molecule has 124 valence electrons. The lowest BCUT2D eigenvalue weighted by Crippen LogP contribution is -2.61. The molecule has 1 heterocycles. The summed E-state index contributed by atoms with van der Waals surface area (Å²) in [6.07, 6.45) is 4.11. The van der Waals surface area contributed by atoms with E-state index in [2.05, 4.69) is 55.0 Å². The van der Waals surface area contributed by atoms with Crippen LogP contribution in [-0.2, 0) is 0 Å². The number of hydrogen-bond acceptors (Lipinski definition) is 4. The van der Waals surface area contributed by atoms with Crippen LogP contribution >= 0.6 is 0 Å². The van der Waals surface area contributed by atoms with Crippen molar-refractivity contribution in [2.24, 2.45) is 5.41 Å². The first-order chi connectivity index (χ1) is 9.94. The third-order valence-corrected chi connectivity index (χ3v) is 5.60. The van der Waals surface area contributed by atoms with Crippen molar-refractivity contribution in [1.82, 2.24) is 20.0 Å². The zero-order valence-electron chi connectivity index (χ0n) is 14.9. The average molecular weight is 297 g/mol. The fourth-order valence-corrected chi connectivity index (χ4v) is 4.25. The molecule has 1 saturated heterocycles. The average Bonchev–Trinajstić information content (AvgIpc) is 2.44. The fraction of sp³-hybridized carbons (Fsp3) is 1.00. The van der Waals surface area contributed by atoms with Gasteiger partial charge in [-0.3, -0.25) is 9.80 Å². The van der Waals surface area contributed by atoms with E-state index < -0.39 is 0 Å². The van der Waals surface area contributed by atoms with E-state index >= 15 is 0 Å². The molecular formula is C17H36N4. The van der Waals surface area contributed by atoms with E-state index in [0.29, 0.717) is 11.5 Å². The molecule has 4 heteroatoms. The van der Waals surface area contributed by atoms with Crippen LogP contribution in [0.3, 0.4) is 0 Å². The summed E-state index contributed by atoms with van der Waals surface area (Å²) in [5.41, 5.74) is 0.430. The van der Waals surface area contributed by atoms with Crippen LogP contribution in [0.2, 0.25) is 0 Å². The van der Waals surface area contributed by atoms with Crippen molar-refractivity contribution in [3.05, 3.63) is 0 Å². The highest BCUT2D eigenvalue weighted by Gasteiger charge is 2.41. The summed E-state index contributed by atoms with van der Waals surface area (Å²) in [5, 5.41) is 3.63. The molecule has 2 unspecified atom stereocenters. The van der Waals surface area contributed by atoms with Gasteiger partial charge in [-0.2, -0.15) is 0 Å². The van der Waals surface area contributed by atoms with Gasteiger partial charge in [0, 0.05) is 51.4 Å². The second kappa shape index (κ2) is 7.40. The number of nitrogens with one attached hydrogen (secondary N) is 1. The smallest absolute Gasteiger partial charge is 0.0271 e. The Kier molecular flexibility index (Phi) is 6.06. The molecule has 2 atom stereocenters. The van der Waals surface area contributed by atoms with Crippen molar-refractivity contribution >= 4 is 0 Å². The second-order valence-electron chi connectivity index (χ2n) is 7.90. The van der Waals surface area contributed by atoms with Crippen molar-refractivity contribution in [2.45, 2.75) is 45.2 Å². The Balaban J connectivity index is 1.86. The largest absolute Gasteiger partial charge is 0.315 e. The maximum Gasteiger partial charge on any atom is 0.0271 e. The molecule has 0 bridgehead atoms. The topological polar surface area (TPSA) is 21.8 Å². The summed E-state index contributed by atoms with van der Waals surface area (Å²) in [7, 11) is 6.48. The lowest BCUT2D eigenvalue weighted by Gasteiger charge is -2.50. The van der Waals surface area contributed by atoms with Crippen LogP contribution in [0.4, 0.5) is 0 Å². The van der Waals surface area contributed by atoms with Gasteiger partial charge in [0.2, 0.25) is 0 Å². The first kappa shape index (κ1) is 17.2. The minimum atomic E-state index is 0.430. The molecule has 0 aromatic heterocycles. The van der Waals surface area contributed by atoms with Gasteiger partial charge in [-0.15, -0.1) is 0 Å². The van der Waals surface area contributed by atoms with Crippen molar-refractivity contribution < 1.29 is 0 Å². The first-order valence-electron chi connectivity index (χ1n) is 8.72. The maximum atomic E-state index is 3.63. The molecule has 0 amide bonds. The molecule has 0 aromatic rings. The third-order valence-electron chi connectivity index (χ3n) is 5.60. The maximum absolute atomic E-state index is 3.63. The molecule has 0 aromatic carbocycles. The van der Waals surface area contributed by atoms with Crippen molar-refractivity contribution in [1.29, 1.82) is 0 Å². The van der Waals surface area contributed by atoms with E-state index in [4.69, 9.17) is 0 Å². The zero-order chi connectivity index (χ0) is 15.5. The first-order valence-corrected chi connectivity index (χ1v) is 8.72. The number of likely N-dealkylation sites (N-methyl/N-ethyl adjacent to an activating group) is 2. The number of rotatable bonds is 5. The molecule has 4 nitrogen and oxygen atoms in total. The molecule has 2 fully saturated rings. The van der Waals surface area contributed by atoms with Crippen molar-refractivity contribution in [3.8, 4) is 0 Å². The molecule has 0 spiro atoms. The summed E-state index contributed by atoms with van der Waals surface area (Å²) in [5.74, 6) is 0. The molecule has 1 aliphatic heterocycles. The van der Waals surface area contributed by atoms with Gasteiger partial charge in [0.25, 0.3) is 0 Å². The van der Waals surface area contributed by atoms with Crippen LogP contribution in [0.5, 0.6) is 0 Å². The van der Waals surface area contributed by atoms with Crippen molar-refractivity contribution in [2.75, 3.05) is 60.4 Å². The molecular weight excluding hydrogens is 260 g/mol. The van der Waals surface area contributed by atoms with Crippen LogP contribution < -0.4 is 5.32 Å². The Morgan fingerprint density at radius 2 is 1.81 bits per heavy atom. The number of nitrogens with zero attached hydrogens (tertiary/aromatic N) is 3. The van der Waals surface area contributed by atoms with Gasteiger partial charge in [0.05, 0.1) is 0 Å². The fourth-order valence-electron chi connectivity index (χ4n) is 4.25. The van der Waals surface area contributed by atoms with Crippen LogP contribution in [0.25, 0.3) is 0 Å². The Morgan fingerprint density at radius 3 is 2.38 bits per heavy atom. The van der Waals surface area contributed by atoms with Gasteiger partial charge >= 0.3 is 0 Å². The highest BCUT2D eigenvalue weighted by atomic mass is 15.3. The van der Waals surface area contributed by atoms with E-state index in [-0.39, 0.29) is 0 Å². The Hall–Kier alpha value is -0.160. The standard InChI is InChI=1S/C17H36N4/c1-17(2)8-6-7-15(16(17)18-3)21-13-11-20(12-14-21)10-9-19(4)5/h15-16,18H,6-14H2,1-5H3. The SMILES string of the molecule is CNC1C(N2CCN(CCN(C)C)CC2)CCCC1(C)C. The Bertz CT molecular complexity index is 308. The van der Waals surface area contributed by atoms with Gasteiger partial charge in [0.15, 0.2) is 0 Å². The van der Waals surface area contributed by atoms with Crippen LogP contribution in [0, 0.1) is 5.41 Å². The van der Waals surface area contributed by atoms with E-state index in [1.807, 2.05) is 0 Å². The Morgan fingerprint density at radius 1 is 1.14 bits per heavy atom. The molecule has 0 radical (unpaired) electrons. The summed E-state index contributed by atoms with van der Waals surface area (Å²) < 4.78 is 0. The van der Waals surface area contributed by atoms with E-state index in [1.165, 1.54) is 58.5 Å². The second-order valence-corrected chi connectivity index (χ2v) is 7.90. The molecule has 1 aliphatic carbocycles. The highest BCUT2D eigenvalue weighted by Crippen LogP contribution is 2.37. The number of hydrogen-bond donors (Lipinski definition) is 1. The molecule has 2 rings (SSSR count). The van der Waals surface area contributed by atoms with Gasteiger partial charge in [-0.25, -0.2) is 0 Å². The zero-order valence-corrected chi connectivity index (χ0v) is 14.9. The van der Waals surface area contributed by atoms with Gasteiger partial charge in [-0.1, -0.05) is 20.3 Å². The molecule has 2 aliphatic rings. The predicted octanol–water partition coefficient (Wildman–Crippen LogP) is 1.33. The third kappa shape index (κ3) is 4.41. The molecule has 1 N–H and O–H groups in total. The predicted molar refractivity (Wildman–Crippen MR) is 90.8 cm³/mol. The lowest BCUT2D eigenvalue weighted by atomic mass is 9.70. The van der Waals surface area contributed by atoms with Gasteiger partial charge < -0.3 is 10.2 Å². The van der Waals surface area contributed by atoms with Crippen LogP contribution in [0.15, 0.2) is 0 Å². The van der Waals surface area contributed by atoms with Gasteiger partial charge in [-0.05, 0) is 39.4 Å². The normalized spacial score (nSPS) is 31.7. The van der Waals surface area contributed by atoms with Crippen LogP contribution in [-0.4, -0.2) is 87.2 Å². The van der Waals surface area contributed by atoms with E-state index in [0.717, 1.165) is 6.04 Å². The van der Waals surface area contributed by atoms with Gasteiger partial charge in [0.1, 0.15) is 0 Å². The quantitative estimate of drug-likeness (QED) is 0.826. The minimum Gasteiger partial charge on any atom is -0.315 e. The summed E-state index contributed by atoms with van der Waals surface area (Å²) in [4.78, 5) is 7.67. The lowest BCUT2D eigenvalue weighted by molar-refractivity contribution is 0.0199. The van der Waals surface area contributed by atoms with E-state index in [1.54, 1.807) is 0 Å². The Labute approximate surface area is 131 Å². The molecule has 21 heavy (non-hydrogen) atoms. The summed E-state index contributed by atoms with van der Waals surface area (Å²) >= 11 is 0. The van der Waals surface area contributed by atoms with Crippen LogP contribution in [0.1, 0.15) is 33.1 Å². The molecule has 1 saturated carbocycles. The van der Waals surface area contributed by atoms with E-state index in [9.17, 15) is 0 Å². The van der Waals surface area contributed by atoms with Crippen molar-refractivity contribution in [3.63, 3.8) is 0 Å².